The third kappa shape index (κ3) is 3.96. The van der Waals surface area contributed by atoms with Crippen molar-refractivity contribution >= 4 is 11.5 Å². The van der Waals surface area contributed by atoms with Crippen molar-refractivity contribution in [2.24, 2.45) is 11.3 Å². The van der Waals surface area contributed by atoms with Gasteiger partial charge in [0.05, 0.1) is 18.1 Å². The molecule has 3 aliphatic rings. The molecule has 2 saturated carbocycles. The Morgan fingerprint density at radius 3 is 2.25 bits per heavy atom. The van der Waals surface area contributed by atoms with Gasteiger partial charge in [0.15, 0.2) is 0 Å². The molecule has 5 nitrogen and oxygen atoms in total. The lowest BCUT2D eigenvalue weighted by Crippen LogP contribution is -2.53. The van der Waals surface area contributed by atoms with Crippen LogP contribution in [0.4, 0.5) is 5.69 Å². The Morgan fingerprint density at radius 2 is 1.71 bits per heavy atom. The highest BCUT2D eigenvalue weighted by atomic mass is 16.1. The molecule has 0 bridgehead atoms. The van der Waals surface area contributed by atoms with Gasteiger partial charge in [-0.15, -0.1) is 0 Å². The molecule has 0 unspecified atom stereocenters. The minimum Gasteiger partial charge on any atom is -0.366 e. The Kier molecular flexibility index (Phi) is 5.73. The molecule has 5 heteroatoms. The molecule has 154 valence electrons. The van der Waals surface area contributed by atoms with Crippen molar-refractivity contribution in [2.45, 2.75) is 77.7 Å². The highest BCUT2D eigenvalue weighted by Crippen LogP contribution is 2.55. The van der Waals surface area contributed by atoms with Gasteiger partial charge >= 0.3 is 0 Å². The minimum atomic E-state index is 0.381. The third-order valence-corrected chi connectivity index (χ3v) is 7.55. The molecule has 0 aromatic carbocycles. The molecule has 0 radical (unpaired) electrons. The maximum Gasteiger partial charge on any atom is 0.135 e. The third-order valence-electron chi connectivity index (χ3n) is 7.55. The first-order chi connectivity index (χ1) is 13.5. The van der Waals surface area contributed by atoms with Gasteiger partial charge in [-0.25, -0.2) is 9.97 Å². The van der Waals surface area contributed by atoms with E-state index in [4.69, 9.17) is 0 Å². The van der Waals surface area contributed by atoms with E-state index < -0.39 is 0 Å². The van der Waals surface area contributed by atoms with E-state index in [0.717, 1.165) is 50.2 Å². The van der Waals surface area contributed by atoms with Crippen molar-refractivity contribution in [1.29, 1.82) is 0 Å². The molecule has 2 heterocycles. The van der Waals surface area contributed by atoms with E-state index >= 15 is 0 Å². The number of rotatable bonds is 5. The lowest BCUT2D eigenvalue weighted by molar-refractivity contribution is -0.132. The van der Waals surface area contributed by atoms with Crippen LogP contribution in [0.25, 0.3) is 0 Å². The van der Waals surface area contributed by atoms with E-state index in [1.807, 2.05) is 19.3 Å². The Bertz CT molecular complexity index is 662. The standard InChI is InChI=1S/C23H36N4O/c1-4-21(28)18-13-23(14-18)7-5-19(6-8-23)26-9-11-27(12-10-26)20-15-24-22(17(2)3)25-16-20/h15-19H,4-14H2,1-3H3. The summed E-state index contributed by atoms with van der Waals surface area (Å²) in [5.41, 5.74) is 1.68. The summed E-state index contributed by atoms with van der Waals surface area (Å²) in [6.07, 6.45) is 12.3. The second-order valence-electron chi connectivity index (χ2n) is 9.63. The smallest absolute Gasteiger partial charge is 0.135 e. The second kappa shape index (κ2) is 8.10. The quantitative estimate of drug-likeness (QED) is 0.767. The Labute approximate surface area is 169 Å². The van der Waals surface area contributed by atoms with Crippen molar-refractivity contribution in [3.8, 4) is 0 Å². The van der Waals surface area contributed by atoms with Gasteiger partial charge in [0.25, 0.3) is 0 Å². The molecular formula is C23H36N4O. The van der Waals surface area contributed by atoms with Crippen molar-refractivity contribution in [2.75, 3.05) is 31.1 Å². The number of Topliss-reactive ketones (excluding diaryl/α,β-unsaturated/α-hetero) is 1. The van der Waals surface area contributed by atoms with Crippen LogP contribution >= 0.6 is 0 Å². The van der Waals surface area contributed by atoms with Crippen molar-refractivity contribution in [1.82, 2.24) is 14.9 Å². The van der Waals surface area contributed by atoms with Gasteiger partial charge in [-0.05, 0) is 43.9 Å². The van der Waals surface area contributed by atoms with Crippen molar-refractivity contribution < 1.29 is 4.79 Å². The van der Waals surface area contributed by atoms with Gasteiger partial charge in [-0.1, -0.05) is 20.8 Å². The monoisotopic (exact) mass is 384 g/mol. The zero-order valence-electron chi connectivity index (χ0n) is 17.9. The van der Waals surface area contributed by atoms with Crippen LogP contribution in [0.3, 0.4) is 0 Å². The first-order valence-corrected chi connectivity index (χ1v) is 11.3. The summed E-state index contributed by atoms with van der Waals surface area (Å²) in [5.74, 6) is 2.19. The molecule has 2 aliphatic carbocycles. The first-order valence-electron chi connectivity index (χ1n) is 11.3. The largest absolute Gasteiger partial charge is 0.366 e. The fraction of sp³-hybridized carbons (Fsp3) is 0.783. The van der Waals surface area contributed by atoms with Crippen molar-refractivity contribution in [3.05, 3.63) is 18.2 Å². The van der Waals surface area contributed by atoms with Crippen LogP contribution in [-0.2, 0) is 4.79 Å². The molecular weight excluding hydrogens is 348 g/mol. The van der Waals surface area contributed by atoms with Gasteiger partial charge < -0.3 is 4.90 Å². The summed E-state index contributed by atoms with van der Waals surface area (Å²) in [4.78, 5) is 26.1. The summed E-state index contributed by atoms with van der Waals surface area (Å²) in [6.45, 7) is 10.7. The number of hydrogen-bond donors (Lipinski definition) is 0. The van der Waals surface area contributed by atoms with E-state index in [-0.39, 0.29) is 0 Å². The molecule has 0 N–H and O–H groups in total. The van der Waals surface area contributed by atoms with Crippen LogP contribution < -0.4 is 4.90 Å². The summed E-state index contributed by atoms with van der Waals surface area (Å²) in [6, 6.07) is 0.744. The second-order valence-corrected chi connectivity index (χ2v) is 9.63. The van der Waals surface area contributed by atoms with Gasteiger partial charge in [-0.3, -0.25) is 9.69 Å². The zero-order chi connectivity index (χ0) is 19.7. The summed E-state index contributed by atoms with van der Waals surface area (Å²) >= 11 is 0. The zero-order valence-corrected chi connectivity index (χ0v) is 17.9. The summed E-state index contributed by atoms with van der Waals surface area (Å²) in [5, 5.41) is 0. The summed E-state index contributed by atoms with van der Waals surface area (Å²) in [7, 11) is 0. The van der Waals surface area contributed by atoms with Crippen LogP contribution in [-0.4, -0.2) is 52.9 Å². The number of hydrogen-bond acceptors (Lipinski definition) is 5. The van der Waals surface area contributed by atoms with E-state index in [9.17, 15) is 4.79 Å². The van der Waals surface area contributed by atoms with E-state index in [2.05, 4.69) is 33.6 Å². The van der Waals surface area contributed by atoms with Gasteiger partial charge in [0, 0.05) is 50.5 Å². The van der Waals surface area contributed by atoms with Crippen LogP contribution in [0.2, 0.25) is 0 Å². The number of anilines is 1. The maximum absolute atomic E-state index is 11.9. The Hall–Kier alpha value is -1.49. The van der Waals surface area contributed by atoms with Crippen molar-refractivity contribution in [3.63, 3.8) is 0 Å². The van der Waals surface area contributed by atoms with Crippen LogP contribution in [0.5, 0.6) is 0 Å². The molecule has 28 heavy (non-hydrogen) atoms. The van der Waals surface area contributed by atoms with E-state index in [0.29, 0.717) is 23.0 Å². The molecule has 4 rings (SSSR count). The topological polar surface area (TPSA) is 49.3 Å². The van der Waals surface area contributed by atoms with Crippen LogP contribution in [0, 0.1) is 11.3 Å². The van der Waals surface area contributed by atoms with Gasteiger partial charge in [-0.2, -0.15) is 0 Å². The normalized spacial score (nSPS) is 31.2. The average molecular weight is 385 g/mol. The van der Waals surface area contributed by atoms with Crippen LogP contribution in [0.15, 0.2) is 12.4 Å². The number of carbonyl (C=O) groups excluding carboxylic acids is 1. The molecule has 1 aromatic rings. The number of nitrogens with zero attached hydrogens (tertiary/aromatic N) is 4. The number of piperazine rings is 1. The van der Waals surface area contributed by atoms with Gasteiger partial charge in [0.2, 0.25) is 0 Å². The lowest BCUT2D eigenvalue weighted by atomic mass is 9.54. The van der Waals surface area contributed by atoms with Gasteiger partial charge in [0.1, 0.15) is 11.6 Å². The fourth-order valence-corrected chi connectivity index (χ4v) is 5.63. The SMILES string of the molecule is CCC(=O)C1CC2(CCC(N3CCN(c4cnc(C(C)C)nc4)CC3)CC2)C1. The number of carbonyl (C=O) groups is 1. The molecule has 0 amide bonds. The fourth-order valence-electron chi connectivity index (χ4n) is 5.63. The highest BCUT2D eigenvalue weighted by molar-refractivity contribution is 5.81. The highest BCUT2D eigenvalue weighted by Gasteiger charge is 2.48. The predicted molar refractivity (Wildman–Crippen MR) is 113 cm³/mol. The van der Waals surface area contributed by atoms with E-state index in [1.165, 1.54) is 38.5 Å². The predicted octanol–water partition coefficient (Wildman–Crippen LogP) is 4.04. The molecule has 3 fully saturated rings. The number of ketones is 1. The molecule has 1 aromatic heterocycles. The summed E-state index contributed by atoms with van der Waals surface area (Å²) < 4.78 is 0. The first kappa shape index (κ1) is 19.8. The Balaban J connectivity index is 1.23. The molecule has 1 saturated heterocycles. The Morgan fingerprint density at radius 1 is 1.11 bits per heavy atom. The van der Waals surface area contributed by atoms with Crippen LogP contribution in [0.1, 0.15) is 77.5 Å². The lowest BCUT2D eigenvalue weighted by Gasteiger charge is -2.53. The molecule has 0 atom stereocenters. The minimum absolute atomic E-state index is 0.381. The number of aromatic nitrogens is 2. The van der Waals surface area contributed by atoms with E-state index in [1.54, 1.807) is 0 Å². The maximum atomic E-state index is 11.9. The average Bonchev–Trinajstić information content (AvgIpc) is 2.72. The molecule has 1 aliphatic heterocycles. The molecule has 1 spiro atoms.